The second-order valence-electron chi connectivity index (χ2n) is 6.00. The van der Waals surface area contributed by atoms with Gasteiger partial charge in [-0.1, -0.05) is 48.7 Å². The number of ether oxygens (including phenoxy) is 1. The van der Waals surface area contributed by atoms with Crippen molar-refractivity contribution in [1.29, 1.82) is 0 Å². The van der Waals surface area contributed by atoms with Gasteiger partial charge in [0.2, 0.25) is 0 Å². The Hall–Kier alpha value is -1.05. The van der Waals surface area contributed by atoms with Gasteiger partial charge in [-0.2, -0.15) is 0 Å². The van der Waals surface area contributed by atoms with Crippen molar-refractivity contribution in [3.8, 4) is 5.75 Å². The molecule has 0 aliphatic heterocycles. The van der Waals surface area contributed by atoms with E-state index in [-0.39, 0.29) is 11.0 Å². The predicted molar refractivity (Wildman–Crippen MR) is 120 cm³/mol. The minimum Gasteiger partial charge on any atom is -0.492 e. The lowest BCUT2D eigenvalue weighted by Crippen LogP contribution is -2.34. The third kappa shape index (κ3) is 6.50. The fourth-order valence-corrected chi connectivity index (χ4v) is 3.25. The summed E-state index contributed by atoms with van der Waals surface area (Å²) in [7, 11) is 0. The molecular formula is C18H16BrCl3N2O2S. The number of nitrogens with one attached hydrogen (secondary N) is 2. The Balaban J connectivity index is 2.03. The van der Waals surface area contributed by atoms with Crippen molar-refractivity contribution in [2.24, 2.45) is 5.92 Å². The number of amides is 1. The van der Waals surface area contributed by atoms with Crippen LogP contribution in [0.3, 0.4) is 0 Å². The molecule has 4 nitrogen and oxygen atoms in total. The minimum atomic E-state index is -0.375. The average Bonchev–Trinajstić information content (AvgIpc) is 2.58. The van der Waals surface area contributed by atoms with Crippen LogP contribution in [0.25, 0.3) is 0 Å². The van der Waals surface area contributed by atoms with Gasteiger partial charge in [0.15, 0.2) is 5.11 Å². The van der Waals surface area contributed by atoms with Crippen molar-refractivity contribution in [3.63, 3.8) is 0 Å². The molecule has 0 aromatic heterocycles. The van der Waals surface area contributed by atoms with Crippen molar-refractivity contribution in [1.82, 2.24) is 5.32 Å². The van der Waals surface area contributed by atoms with Crippen molar-refractivity contribution in [2.45, 2.75) is 13.8 Å². The van der Waals surface area contributed by atoms with Gasteiger partial charge in [-0.15, -0.1) is 0 Å². The normalized spacial score (nSPS) is 10.6. The van der Waals surface area contributed by atoms with Gasteiger partial charge in [-0.3, -0.25) is 10.1 Å². The summed E-state index contributed by atoms with van der Waals surface area (Å²) in [5, 5.41) is 6.47. The molecule has 0 bridgehead atoms. The zero-order chi connectivity index (χ0) is 20.1. The lowest BCUT2D eigenvalue weighted by molar-refractivity contribution is 0.0977. The summed E-state index contributed by atoms with van der Waals surface area (Å²) in [5.74, 6) is 0.694. The third-order valence-electron chi connectivity index (χ3n) is 3.25. The molecule has 0 fully saturated rings. The third-order valence-corrected chi connectivity index (χ3v) is 5.11. The fourth-order valence-electron chi connectivity index (χ4n) is 1.96. The molecule has 9 heteroatoms. The molecule has 1 amide bonds. The molecule has 2 aromatic carbocycles. The summed E-state index contributed by atoms with van der Waals surface area (Å²) in [6.07, 6.45) is 0. The molecule has 0 radical (unpaired) electrons. The molecule has 2 N–H and O–H groups in total. The molecule has 2 rings (SSSR count). The lowest BCUT2D eigenvalue weighted by atomic mass is 10.2. The monoisotopic (exact) mass is 508 g/mol. The summed E-state index contributed by atoms with van der Waals surface area (Å²) >= 11 is 26.5. The Morgan fingerprint density at radius 1 is 1.15 bits per heavy atom. The second-order valence-corrected chi connectivity index (χ2v) is 8.49. The van der Waals surface area contributed by atoms with Crippen molar-refractivity contribution >= 4 is 79.7 Å². The average molecular weight is 511 g/mol. The first-order valence-corrected chi connectivity index (χ1v) is 10.2. The zero-order valence-electron chi connectivity index (χ0n) is 14.4. The lowest BCUT2D eigenvalue weighted by Gasteiger charge is -2.13. The molecule has 0 aliphatic rings. The van der Waals surface area contributed by atoms with Gasteiger partial charge in [0.05, 0.1) is 31.8 Å². The fraction of sp³-hybridized carbons (Fsp3) is 0.222. The van der Waals surface area contributed by atoms with Gasteiger partial charge in [0.1, 0.15) is 5.75 Å². The van der Waals surface area contributed by atoms with E-state index in [0.29, 0.717) is 49.1 Å². The van der Waals surface area contributed by atoms with E-state index in [1.807, 2.05) is 0 Å². The Labute approximate surface area is 186 Å². The summed E-state index contributed by atoms with van der Waals surface area (Å²) in [4.78, 5) is 12.4. The van der Waals surface area contributed by atoms with E-state index >= 15 is 0 Å². The Kier molecular flexibility index (Phi) is 8.19. The van der Waals surface area contributed by atoms with Gasteiger partial charge in [-0.25, -0.2) is 0 Å². The standard InChI is InChI=1S/C18H16BrCl3N2O2S/c1-9(2)8-26-16-4-3-10(5-11(16)19)17(25)24-18(27)23-15-7-13(21)12(20)6-14(15)22/h3-7,9H,8H2,1-2H3,(H2,23,24,25,27). The van der Waals surface area contributed by atoms with Gasteiger partial charge in [0.25, 0.3) is 5.91 Å². The highest BCUT2D eigenvalue weighted by atomic mass is 79.9. The number of carbonyl (C=O) groups excluding carboxylic acids is 1. The van der Waals surface area contributed by atoms with E-state index in [9.17, 15) is 4.79 Å². The SMILES string of the molecule is CC(C)COc1ccc(C(=O)NC(=S)Nc2cc(Cl)c(Cl)cc2Cl)cc1Br. The summed E-state index contributed by atoms with van der Waals surface area (Å²) in [6, 6.07) is 8.07. The first-order chi connectivity index (χ1) is 12.7. The number of hydrogen-bond donors (Lipinski definition) is 2. The van der Waals surface area contributed by atoms with E-state index in [0.717, 1.165) is 0 Å². The van der Waals surface area contributed by atoms with Crippen LogP contribution >= 0.6 is 63.0 Å². The predicted octanol–water partition coefficient (Wildman–Crippen LogP) is 6.57. The number of thiocarbonyl (C=S) groups is 1. The van der Waals surface area contributed by atoms with Crippen LogP contribution in [-0.2, 0) is 0 Å². The summed E-state index contributed by atoms with van der Waals surface area (Å²) in [5.41, 5.74) is 0.859. The molecular weight excluding hydrogens is 495 g/mol. The maximum Gasteiger partial charge on any atom is 0.257 e. The molecule has 0 heterocycles. The van der Waals surface area contributed by atoms with Crippen LogP contribution in [0.4, 0.5) is 5.69 Å². The van der Waals surface area contributed by atoms with Gasteiger partial charge in [-0.05, 0) is 64.4 Å². The highest BCUT2D eigenvalue weighted by Crippen LogP contribution is 2.32. The van der Waals surface area contributed by atoms with Crippen molar-refractivity contribution in [2.75, 3.05) is 11.9 Å². The summed E-state index contributed by atoms with van der Waals surface area (Å²) in [6.45, 7) is 4.70. The number of rotatable bonds is 5. The van der Waals surface area contributed by atoms with E-state index < -0.39 is 0 Å². The highest BCUT2D eigenvalue weighted by Gasteiger charge is 2.13. The van der Waals surface area contributed by atoms with Crippen LogP contribution in [0, 0.1) is 5.92 Å². The largest absolute Gasteiger partial charge is 0.492 e. The van der Waals surface area contributed by atoms with Crippen LogP contribution in [0.1, 0.15) is 24.2 Å². The maximum absolute atomic E-state index is 12.4. The molecule has 0 spiro atoms. The highest BCUT2D eigenvalue weighted by molar-refractivity contribution is 9.10. The number of hydrogen-bond acceptors (Lipinski definition) is 3. The van der Waals surface area contributed by atoms with E-state index in [1.165, 1.54) is 12.1 Å². The smallest absolute Gasteiger partial charge is 0.257 e. The van der Waals surface area contributed by atoms with Gasteiger partial charge in [0, 0.05) is 5.56 Å². The van der Waals surface area contributed by atoms with Crippen LogP contribution < -0.4 is 15.4 Å². The van der Waals surface area contributed by atoms with Crippen LogP contribution in [-0.4, -0.2) is 17.6 Å². The number of benzene rings is 2. The van der Waals surface area contributed by atoms with E-state index in [4.69, 9.17) is 51.8 Å². The number of carbonyl (C=O) groups is 1. The van der Waals surface area contributed by atoms with E-state index in [2.05, 4.69) is 40.4 Å². The molecule has 0 atom stereocenters. The second kappa shape index (κ2) is 9.94. The van der Waals surface area contributed by atoms with Gasteiger partial charge < -0.3 is 10.1 Å². The van der Waals surface area contributed by atoms with Crippen molar-refractivity contribution in [3.05, 3.63) is 55.4 Å². The first kappa shape index (κ1) is 22.2. The maximum atomic E-state index is 12.4. The molecule has 2 aromatic rings. The Morgan fingerprint density at radius 3 is 2.44 bits per heavy atom. The summed E-state index contributed by atoms with van der Waals surface area (Å²) < 4.78 is 6.35. The molecule has 144 valence electrons. The number of halogens is 4. The Morgan fingerprint density at radius 2 is 1.81 bits per heavy atom. The molecule has 0 saturated heterocycles. The molecule has 0 aliphatic carbocycles. The van der Waals surface area contributed by atoms with E-state index in [1.54, 1.807) is 18.2 Å². The van der Waals surface area contributed by atoms with Gasteiger partial charge >= 0.3 is 0 Å². The first-order valence-electron chi connectivity index (χ1n) is 7.86. The quantitative estimate of drug-likeness (QED) is 0.353. The topological polar surface area (TPSA) is 50.4 Å². The van der Waals surface area contributed by atoms with Crippen LogP contribution in [0.5, 0.6) is 5.75 Å². The Bertz CT molecular complexity index is 878. The molecule has 27 heavy (non-hydrogen) atoms. The molecule has 0 saturated carbocycles. The minimum absolute atomic E-state index is 0.0801. The zero-order valence-corrected chi connectivity index (χ0v) is 19.1. The van der Waals surface area contributed by atoms with Crippen LogP contribution in [0.15, 0.2) is 34.8 Å². The molecule has 0 unspecified atom stereocenters. The van der Waals surface area contributed by atoms with Crippen LogP contribution in [0.2, 0.25) is 15.1 Å². The van der Waals surface area contributed by atoms with Crippen molar-refractivity contribution < 1.29 is 9.53 Å². The number of anilines is 1.